The van der Waals surface area contributed by atoms with Crippen molar-refractivity contribution in [3.05, 3.63) is 132 Å². The van der Waals surface area contributed by atoms with Crippen LogP contribution in [0.3, 0.4) is 0 Å². The number of benzene rings is 3. The van der Waals surface area contributed by atoms with Gasteiger partial charge in [-0.15, -0.1) is 0 Å². The van der Waals surface area contributed by atoms with Crippen molar-refractivity contribution in [1.29, 1.82) is 0 Å². The van der Waals surface area contributed by atoms with Crippen LogP contribution in [0.4, 0.5) is 0 Å². The second-order valence-corrected chi connectivity index (χ2v) is 12.6. The maximum atomic E-state index is 14.3. The monoisotopic (exact) mass is 676 g/mol. The molecule has 0 saturated carbocycles. The molecule has 0 amide bonds. The number of aromatic nitrogens is 3. The molecule has 0 fully saturated rings. The zero-order valence-electron chi connectivity index (χ0n) is 27.9. The summed E-state index contributed by atoms with van der Waals surface area (Å²) in [6.07, 6.45) is 5.75. The number of fused-ring (bicyclic) bond motifs is 1. The molecule has 0 N–H and O–H groups in total. The molecular formula is C38H36N4O6S. The van der Waals surface area contributed by atoms with E-state index in [0.29, 0.717) is 38.5 Å². The van der Waals surface area contributed by atoms with Crippen molar-refractivity contribution in [2.24, 2.45) is 4.99 Å². The Kier molecular flexibility index (Phi) is 9.72. The molecule has 10 nitrogen and oxygen atoms in total. The lowest BCUT2D eigenvalue weighted by Crippen LogP contribution is -2.39. The summed E-state index contributed by atoms with van der Waals surface area (Å²) >= 11 is 1.23. The van der Waals surface area contributed by atoms with Crippen LogP contribution in [0.15, 0.2) is 100 Å². The van der Waals surface area contributed by atoms with Crippen molar-refractivity contribution in [3.8, 4) is 22.7 Å². The van der Waals surface area contributed by atoms with Crippen LogP contribution in [0, 0.1) is 6.92 Å². The number of carbonyl (C=O) groups is 2. The standard InChI is InChI=1S/C38H36N4O6S/c1-6-7-19-48-30-18-17-27(20-23(30)2)33-28(22-41(40-33)29-11-9-8-10-12-29)21-31-35(43)42-34(25-13-15-26(16-14-25)36(44)46-4)32(37(45)47-5)24(3)39-38(42)49-31/h8-18,20-22,34H,6-7,19H2,1-5H3. The van der Waals surface area contributed by atoms with E-state index in [1.165, 1.54) is 30.1 Å². The van der Waals surface area contributed by atoms with Gasteiger partial charge in [0.05, 0.1) is 53.9 Å². The Morgan fingerprint density at radius 3 is 2.37 bits per heavy atom. The number of esters is 2. The van der Waals surface area contributed by atoms with Crippen LogP contribution >= 0.6 is 11.3 Å². The number of nitrogens with zero attached hydrogens (tertiary/aromatic N) is 4. The molecule has 0 spiro atoms. The summed E-state index contributed by atoms with van der Waals surface area (Å²) < 4.78 is 19.7. The summed E-state index contributed by atoms with van der Waals surface area (Å²) in [5.74, 6) is -0.261. The van der Waals surface area contributed by atoms with Crippen LogP contribution in [0.2, 0.25) is 0 Å². The molecule has 0 bridgehead atoms. The Balaban J connectivity index is 1.51. The molecule has 3 aromatic carbocycles. The van der Waals surface area contributed by atoms with Crippen LogP contribution in [0.25, 0.3) is 23.0 Å². The predicted octanol–water partition coefficient (Wildman–Crippen LogP) is 5.53. The van der Waals surface area contributed by atoms with Gasteiger partial charge < -0.3 is 14.2 Å². The number of unbranched alkanes of at least 4 members (excludes halogenated alkanes) is 1. The van der Waals surface area contributed by atoms with Gasteiger partial charge in [0.2, 0.25) is 0 Å². The molecule has 6 rings (SSSR count). The Morgan fingerprint density at radius 2 is 1.69 bits per heavy atom. The van der Waals surface area contributed by atoms with E-state index < -0.39 is 18.0 Å². The SMILES string of the molecule is CCCCOc1ccc(-c2nn(-c3ccccc3)cc2C=c2sc3n(c2=O)C(c2ccc(C(=O)OC)cc2)C(C(=O)OC)=C(C)N=3)cc1C. The van der Waals surface area contributed by atoms with E-state index in [1.54, 1.807) is 35.9 Å². The van der Waals surface area contributed by atoms with E-state index in [4.69, 9.17) is 19.3 Å². The quantitative estimate of drug-likeness (QED) is 0.141. The molecule has 1 aliphatic heterocycles. The largest absolute Gasteiger partial charge is 0.493 e. The van der Waals surface area contributed by atoms with Gasteiger partial charge in [0.1, 0.15) is 11.4 Å². The summed E-state index contributed by atoms with van der Waals surface area (Å²) in [5, 5.41) is 4.96. The number of para-hydroxylation sites is 1. The molecule has 3 heterocycles. The number of aryl methyl sites for hydroxylation is 1. The molecule has 1 unspecified atom stereocenters. The number of thiazole rings is 1. The van der Waals surface area contributed by atoms with Crippen LogP contribution in [-0.2, 0) is 14.3 Å². The Labute approximate surface area is 287 Å². The predicted molar refractivity (Wildman–Crippen MR) is 188 cm³/mol. The summed E-state index contributed by atoms with van der Waals surface area (Å²) in [7, 11) is 2.60. The summed E-state index contributed by atoms with van der Waals surface area (Å²) in [5.41, 5.74) is 5.47. The number of methoxy groups -OCH3 is 2. The van der Waals surface area contributed by atoms with Gasteiger partial charge in [-0.25, -0.2) is 19.3 Å². The Morgan fingerprint density at radius 1 is 0.959 bits per heavy atom. The van der Waals surface area contributed by atoms with E-state index in [1.807, 2.05) is 67.7 Å². The summed E-state index contributed by atoms with van der Waals surface area (Å²) in [4.78, 5) is 44.7. The van der Waals surface area contributed by atoms with E-state index in [9.17, 15) is 14.4 Å². The first-order valence-electron chi connectivity index (χ1n) is 15.9. The molecule has 49 heavy (non-hydrogen) atoms. The third kappa shape index (κ3) is 6.62. The zero-order chi connectivity index (χ0) is 34.7. The maximum Gasteiger partial charge on any atom is 0.338 e. The van der Waals surface area contributed by atoms with Gasteiger partial charge in [-0.05, 0) is 79.9 Å². The molecule has 0 saturated heterocycles. The highest BCUT2D eigenvalue weighted by molar-refractivity contribution is 7.07. The van der Waals surface area contributed by atoms with Gasteiger partial charge >= 0.3 is 11.9 Å². The summed E-state index contributed by atoms with van der Waals surface area (Å²) in [6, 6.07) is 21.5. The van der Waals surface area contributed by atoms with Crippen LogP contribution < -0.4 is 19.6 Å². The number of carbonyl (C=O) groups excluding carboxylic acids is 2. The van der Waals surface area contributed by atoms with Crippen molar-refractivity contribution in [3.63, 3.8) is 0 Å². The molecule has 1 aliphatic rings. The first-order valence-corrected chi connectivity index (χ1v) is 16.7. The van der Waals surface area contributed by atoms with Gasteiger partial charge in [-0.1, -0.05) is 55.0 Å². The number of hydrogen-bond donors (Lipinski definition) is 0. The van der Waals surface area contributed by atoms with Gasteiger partial charge in [0, 0.05) is 17.3 Å². The second-order valence-electron chi connectivity index (χ2n) is 11.6. The lowest BCUT2D eigenvalue weighted by Gasteiger charge is -2.24. The van der Waals surface area contributed by atoms with E-state index in [2.05, 4.69) is 11.9 Å². The minimum atomic E-state index is -0.827. The number of ether oxygens (including phenoxy) is 3. The molecular weight excluding hydrogens is 641 g/mol. The molecule has 11 heteroatoms. The lowest BCUT2D eigenvalue weighted by molar-refractivity contribution is -0.136. The van der Waals surface area contributed by atoms with Crippen molar-refractivity contribution >= 4 is 29.4 Å². The third-order valence-electron chi connectivity index (χ3n) is 8.33. The van der Waals surface area contributed by atoms with E-state index in [0.717, 1.165) is 41.0 Å². The topological polar surface area (TPSA) is 114 Å². The minimum absolute atomic E-state index is 0.238. The van der Waals surface area contributed by atoms with Gasteiger partial charge in [-0.3, -0.25) is 9.36 Å². The van der Waals surface area contributed by atoms with E-state index >= 15 is 0 Å². The van der Waals surface area contributed by atoms with Crippen LogP contribution in [0.1, 0.15) is 59.8 Å². The molecule has 0 aliphatic carbocycles. The van der Waals surface area contributed by atoms with E-state index in [-0.39, 0.29) is 11.1 Å². The molecule has 2 aromatic heterocycles. The normalized spacial score (nSPS) is 14.3. The maximum absolute atomic E-state index is 14.3. The average molecular weight is 677 g/mol. The highest BCUT2D eigenvalue weighted by Gasteiger charge is 2.33. The zero-order valence-corrected chi connectivity index (χ0v) is 28.7. The number of hydrogen-bond acceptors (Lipinski definition) is 9. The van der Waals surface area contributed by atoms with Crippen molar-refractivity contribution < 1.29 is 23.8 Å². The fourth-order valence-electron chi connectivity index (χ4n) is 5.78. The van der Waals surface area contributed by atoms with Crippen molar-refractivity contribution in [2.45, 2.75) is 39.7 Å². The minimum Gasteiger partial charge on any atom is -0.493 e. The number of allylic oxidation sites excluding steroid dienone is 1. The molecule has 250 valence electrons. The first kappa shape index (κ1) is 33.4. The van der Waals surface area contributed by atoms with Gasteiger partial charge in [0.25, 0.3) is 5.56 Å². The van der Waals surface area contributed by atoms with Crippen LogP contribution in [-0.4, -0.2) is 47.1 Å². The summed E-state index contributed by atoms with van der Waals surface area (Å²) in [6.45, 7) is 6.51. The number of rotatable bonds is 10. The highest BCUT2D eigenvalue weighted by atomic mass is 32.1. The Bertz CT molecular complexity index is 2250. The first-order chi connectivity index (χ1) is 23.7. The second kappa shape index (κ2) is 14.3. The van der Waals surface area contributed by atoms with Crippen LogP contribution in [0.5, 0.6) is 5.75 Å². The lowest BCUT2D eigenvalue weighted by atomic mass is 9.95. The smallest absolute Gasteiger partial charge is 0.338 e. The highest BCUT2D eigenvalue weighted by Crippen LogP contribution is 2.32. The van der Waals surface area contributed by atoms with Gasteiger partial charge in [-0.2, -0.15) is 5.10 Å². The molecule has 1 atom stereocenters. The fourth-order valence-corrected chi connectivity index (χ4v) is 6.82. The molecule has 5 aromatic rings. The fraction of sp³-hybridized carbons (Fsp3) is 0.237. The third-order valence-corrected chi connectivity index (χ3v) is 9.31. The van der Waals surface area contributed by atoms with Crippen molar-refractivity contribution in [1.82, 2.24) is 14.3 Å². The Hall–Kier alpha value is -5.55. The average Bonchev–Trinajstić information content (AvgIpc) is 3.68. The molecule has 0 radical (unpaired) electrons. The van der Waals surface area contributed by atoms with Crippen molar-refractivity contribution in [2.75, 3.05) is 20.8 Å². The van der Waals surface area contributed by atoms with Gasteiger partial charge in [0.15, 0.2) is 4.80 Å².